The second-order valence-electron chi connectivity index (χ2n) is 19.6. The van der Waals surface area contributed by atoms with Gasteiger partial charge in [-0.25, -0.2) is 0 Å². The summed E-state index contributed by atoms with van der Waals surface area (Å²) in [5.74, 6) is -8.80. The molecule has 10 amide bonds. The summed E-state index contributed by atoms with van der Waals surface area (Å²) in [5.41, 5.74) is 24.1. The molecule has 1 aromatic rings. The van der Waals surface area contributed by atoms with Crippen molar-refractivity contribution in [2.24, 2.45) is 34.8 Å². The molecular weight excluding hydrogens is 977 g/mol. The molecule has 0 bridgehead atoms. The van der Waals surface area contributed by atoms with Crippen molar-refractivity contribution in [3.8, 4) is 0 Å². The maximum atomic E-state index is 14.4. The van der Waals surface area contributed by atoms with Gasteiger partial charge in [-0.2, -0.15) is 0 Å². The highest BCUT2D eigenvalue weighted by Crippen LogP contribution is 2.24. The summed E-state index contributed by atoms with van der Waals surface area (Å²) in [6.07, 6.45) is -1.29. The molecule has 1 aliphatic heterocycles. The Morgan fingerprint density at radius 3 is 1.61 bits per heavy atom. The highest BCUT2D eigenvalue weighted by atomic mass is 16.3. The lowest BCUT2D eigenvalue weighted by atomic mass is 9.87. The number of nitrogens with one attached hydrogen (secondary N) is 10. The summed E-state index contributed by atoms with van der Waals surface area (Å²) in [5, 5.41) is 46.5. The monoisotopic (exact) mass is 1060 g/mol. The number of rotatable bonds is 19. The number of nitrogens with two attached hydrogens (primary N) is 4. The van der Waals surface area contributed by atoms with E-state index in [-0.39, 0.29) is 70.6 Å². The first-order valence-electron chi connectivity index (χ1n) is 25.8. The van der Waals surface area contributed by atoms with Crippen LogP contribution in [-0.2, 0) is 54.4 Å². The van der Waals surface area contributed by atoms with Gasteiger partial charge < -0.3 is 86.3 Å². The number of amides is 10. The Balaban J connectivity index is 2.07. The molecule has 3 rings (SSSR count). The predicted molar refractivity (Wildman–Crippen MR) is 275 cm³/mol. The van der Waals surface area contributed by atoms with Gasteiger partial charge in [0.1, 0.15) is 54.4 Å². The van der Waals surface area contributed by atoms with Crippen LogP contribution < -0.4 is 76.1 Å². The second-order valence-corrected chi connectivity index (χ2v) is 19.6. The lowest BCUT2D eigenvalue weighted by Crippen LogP contribution is -2.61. The Bertz CT molecular complexity index is 2080. The van der Waals surface area contributed by atoms with Crippen LogP contribution >= 0.6 is 0 Å². The van der Waals surface area contributed by atoms with E-state index >= 15 is 0 Å². The van der Waals surface area contributed by atoms with Crippen LogP contribution in [0, 0.1) is 11.8 Å². The summed E-state index contributed by atoms with van der Waals surface area (Å²) >= 11 is 0. The van der Waals surface area contributed by atoms with E-state index in [9.17, 15) is 58.2 Å². The van der Waals surface area contributed by atoms with E-state index < -0.39 is 145 Å². The Morgan fingerprint density at radius 1 is 0.600 bits per heavy atom. The quantitative estimate of drug-likeness (QED) is 0.0615. The van der Waals surface area contributed by atoms with E-state index in [1.807, 2.05) is 0 Å². The third-order valence-corrected chi connectivity index (χ3v) is 12.9. The van der Waals surface area contributed by atoms with Crippen LogP contribution in [0.15, 0.2) is 30.3 Å². The van der Waals surface area contributed by atoms with E-state index in [2.05, 4.69) is 53.2 Å². The normalized spacial score (nSPS) is 26.3. The molecule has 0 radical (unpaired) electrons. The van der Waals surface area contributed by atoms with Gasteiger partial charge >= 0.3 is 0 Å². The molecule has 0 aromatic heterocycles. The molecule has 26 nitrogen and oxygen atoms in total. The van der Waals surface area contributed by atoms with Crippen molar-refractivity contribution in [1.29, 1.82) is 0 Å². The van der Waals surface area contributed by atoms with Crippen LogP contribution in [0.4, 0.5) is 0 Å². The first-order valence-corrected chi connectivity index (χ1v) is 25.8. The lowest BCUT2D eigenvalue weighted by molar-refractivity contribution is -0.136. The number of carbonyl (C=O) groups excluding carboxylic acids is 10. The molecule has 10 atom stereocenters. The van der Waals surface area contributed by atoms with Crippen LogP contribution in [0.3, 0.4) is 0 Å². The number of hydrogen-bond donors (Lipinski definition) is 16. The van der Waals surface area contributed by atoms with Gasteiger partial charge in [-0.15, -0.1) is 0 Å². The molecule has 26 heteroatoms. The maximum absolute atomic E-state index is 14.4. The summed E-state index contributed by atoms with van der Waals surface area (Å²) in [7, 11) is 0. The SMILES string of the molecule is CC(C)C[C@@H]1NC(=O)[C@@H](Cc2ccccc2)NC(=O)[C@H](CCN)NC(=O)[C@@H](NC(=O)[C@H](CCN)NC(=O)[C@H](C)NC(=O)[C@H]2CC[C@H](O)CC2)CCNC(=O)[C@H](C(C)O)NC(=O)[C@H](CCN)NC(=O)[C@H](CCN)NC1=O. The van der Waals surface area contributed by atoms with E-state index in [0.29, 0.717) is 31.2 Å². The summed E-state index contributed by atoms with van der Waals surface area (Å²) < 4.78 is 0. The first kappa shape index (κ1) is 63.0. The van der Waals surface area contributed by atoms with E-state index in [1.54, 1.807) is 44.2 Å². The smallest absolute Gasteiger partial charge is 0.245 e. The van der Waals surface area contributed by atoms with Gasteiger partial charge in [0, 0.05) is 18.9 Å². The standard InChI is InChI=1S/C49H82N14O12/c1-26(2)24-37-47(73)59-33(15-20-51)43(69)58-35(17-22-53)46(72)63-39(28(4)64)49(75)54-23-18-36(45(71)57-34(16-21-52)44(70)62-38(48(74)61-37)25-29-8-6-5-7-9-29)60-42(68)32(14-19-50)56-40(66)27(3)55-41(67)30-10-12-31(65)13-11-30/h5-9,26-28,30-39,64-65H,10-25,50-53H2,1-4H3,(H,54,75)(H,55,67)(H,56,66)(H,57,71)(H,58,69)(H,59,73)(H,60,68)(H,61,74)(H,62,70)(H,63,72)/t27-,28?,30-,31-,32-,33-,34-,35-,36-,37-,38+,39-/m0/s1. The average Bonchev–Trinajstić information content (AvgIpc) is 3.36. The van der Waals surface area contributed by atoms with Crippen molar-refractivity contribution < 1.29 is 58.2 Å². The summed E-state index contributed by atoms with van der Waals surface area (Å²) in [6.45, 7) is 5.34. The minimum absolute atomic E-state index is 0.0682. The topological polar surface area (TPSA) is 436 Å². The molecule has 1 saturated carbocycles. The molecule has 75 heavy (non-hydrogen) atoms. The fourth-order valence-electron chi connectivity index (χ4n) is 8.55. The molecule has 2 fully saturated rings. The highest BCUT2D eigenvalue weighted by molar-refractivity contribution is 5.99. The number of carbonyl (C=O) groups is 10. The molecule has 420 valence electrons. The van der Waals surface area contributed by atoms with Crippen molar-refractivity contribution in [1.82, 2.24) is 53.2 Å². The number of hydrogen-bond acceptors (Lipinski definition) is 16. The molecule has 1 saturated heterocycles. The van der Waals surface area contributed by atoms with E-state index in [0.717, 1.165) is 0 Å². The van der Waals surface area contributed by atoms with Crippen LogP contribution in [0.5, 0.6) is 0 Å². The third kappa shape index (κ3) is 21.1. The minimum Gasteiger partial charge on any atom is -0.393 e. The minimum atomic E-state index is -1.64. The van der Waals surface area contributed by atoms with Crippen molar-refractivity contribution in [3.05, 3.63) is 35.9 Å². The largest absolute Gasteiger partial charge is 0.393 e. The lowest BCUT2D eigenvalue weighted by Gasteiger charge is -2.28. The van der Waals surface area contributed by atoms with Crippen molar-refractivity contribution >= 4 is 59.1 Å². The molecule has 1 unspecified atom stereocenters. The zero-order chi connectivity index (χ0) is 55.8. The molecule has 1 heterocycles. The average molecular weight is 1060 g/mol. The van der Waals surface area contributed by atoms with Crippen LogP contribution in [-0.4, -0.2) is 169 Å². The second kappa shape index (κ2) is 32.2. The Kier molecular flexibility index (Phi) is 27.0. The van der Waals surface area contributed by atoms with Crippen molar-refractivity contribution in [2.45, 2.75) is 165 Å². The molecule has 1 aromatic carbocycles. The molecule has 20 N–H and O–H groups in total. The van der Waals surface area contributed by atoms with Crippen molar-refractivity contribution in [2.75, 3.05) is 32.7 Å². The maximum Gasteiger partial charge on any atom is 0.245 e. The van der Waals surface area contributed by atoms with E-state index in [4.69, 9.17) is 22.9 Å². The Labute approximate surface area is 437 Å². The number of aliphatic hydroxyl groups excluding tert-OH is 2. The fourth-order valence-corrected chi connectivity index (χ4v) is 8.55. The predicted octanol–water partition coefficient (Wildman–Crippen LogP) is -5.49. The fraction of sp³-hybridized carbons (Fsp3) is 0.673. The van der Waals surface area contributed by atoms with Gasteiger partial charge in [0.05, 0.1) is 12.2 Å². The molecule has 2 aliphatic rings. The van der Waals surface area contributed by atoms with Crippen LogP contribution in [0.2, 0.25) is 0 Å². The third-order valence-electron chi connectivity index (χ3n) is 12.9. The summed E-state index contributed by atoms with van der Waals surface area (Å²) in [4.78, 5) is 139. The molecule has 0 spiro atoms. The van der Waals surface area contributed by atoms with E-state index in [1.165, 1.54) is 13.8 Å². The summed E-state index contributed by atoms with van der Waals surface area (Å²) in [6, 6.07) is -3.87. The molecule has 1 aliphatic carbocycles. The highest BCUT2D eigenvalue weighted by Gasteiger charge is 2.37. The Morgan fingerprint density at radius 2 is 1.09 bits per heavy atom. The number of aliphatic hydroxyl groups is 2. The van der Waals surface area contributed by atoms with Crippen LogP contribution in [0.25, 0.3) is 0 Å². The van der Waals surface area contributed by atoms with Crippen molar-refractivity contribution in [3.63, 3.8) is 0 Å². The van der Waals surface area contributed by atoms with Crippen LogP contribution in [0.1, 0.15) is 97.5 Å². The van der Waals surface area contributed by atoms with Gasteiger partial charge in [-0.1, -0.05) is 44.2 Å². The number of benzene rings is 1. The zero-order valence-electron chi connectivity index (χ0n) is 43.5. The van der Waals surface area contributed by atoms with Gasteiger partial charge in [-0.3, -0.25) is 47.9 Å². The zero-order valence-corrected chi connectivity index (χ0v) is 43.5. The van der Waals surface area contributed by atoms with Gasteiger partial charge in [0.25, 0.3) is 0 Å². The van der Waals surface area contributed by atoms with Gasteiger partial charge in [-0.05, 0) is 116 Å². The van der Waals surface area contributed by atoms with Gasteiger partial charge in [0.2, 0.25) is 59.1 Å². The molecular formula is C49H82N14O12. The first-order chi connectivity index (χ1) is 35.6. The van der Waals surface area contributed by atoms with Gasteiger partial charge in [0.15, 0.2) is 0 Å². The Hall–Kier alpha value is -6.32.